The van der Waals surface area contributed by atoms with Crippen LogP contribution in [0.25, 0.3) is 0 Å². The van der Waals surface area contributed by atoms with E-state index in [1.165, 1.54) is 18.2 Å². The first-order valence-corrected chi connectivity index (χ1v) is 21.5. The van der Waals surface area contributed by atoms with Gasteiger partial charge in [0, 0.05) is 71.3 Å². The highest BCUT2D eigenvalue weighted by atomic mass is 16.5. The smallest absolute Gasteiger partial charge is 0.326 e. The lowest BCUT2D eigenvalue weighted by atomic mass is 9.72. The molecule has 1 atom stereocenters. The topological polar surface area (TPSA) is 268 Å². The Bertz CT molecular complexity index is 1710. The van der Waals surface area contributed by atoms with Crippen molar-refractivity contribution in [2.45, 2.75) is 140 Å². The molecule has 8 N–H and O–H groups in total. The van der Waals surface area contributed by atoms with E-state index in [0.717, 1.165) is 0 Å². The molecule has 0 spiro atoms. The van der Waals surface area contributed by atoms with E-state index < -0.39 is 51.5 Å². The maximum absolute atomic E-state index is 13.1. The maximum atomic E-state index is 13.1. The SMILES string of the molecule is CC(C)NC(=O)c1cc(NC(=O)CCNC(=O)C(C)(C)CCOCCOCCNC(=O)C(C)(C)CC[C@H](NC(=O)C(C)(C)CC(C)(C)CC(=O)O)C(=O)O)cc(C(=O)NC(C)C)c1. The summed E-state index contributed by atoms with van der Waals surface area (Å²) in [4.78, 5) is 100. The number of carbonyl (C=O) groups is 8. The monoisotopic (exact) mass is 891 g/mol. The van der Waals surface area contributed by atoms with Gasteiger partial charge in [-0.05, 0) is 77.0 Å². The van der Waals surface area contributed by atoms with E-state index in [2.05, 4.69) is 31.9 Å². The summed E-state index contributed by atoms with van der Waals surface area (Å²) in [6, 6.07) is 2.93. The third kappa shape index (κ3) is 21.7. The van der Waals surface area contributed by atoms with Crippen LogP contribution >= 0.6 is 0 Å². The zero-order chi connectivity index (χ0) is 48.3. The molecule has 1 rings (SSSR count). The van der Waals surface area contributed by atoms with Crippen molar-refractivity contribution in [3.63, 3.8) is 0 Å². The maximum Gasteiger partial charge on any atom is 0.326 e. The number of anilines is 1. The molecule has 0 bridgehead atoms. The first-order valence-electron chi connectivity index (χ1n) is 21.5. The molecule has 1 aromatic rings. The van der Waals surface area contributed by atoms with E-state index in [0.29, 0.717) is 6.42 Å². The van der Waals surface area contributed by atoms with Crippen molar-refractivity contribution in [2.75, 3.05) is 44.8 Å². The molecule has 0 aliphatic heterocycles. The minimum Gasteiger partial charge on any atom is -0.481 e. The fourth-order valence-electron chi connectivity index (χ4n) is 6.62. The van der Waals surface area contributed by atoms with Crippen molar-refractivity contribution < 1.29 is 58.0 Å². The van der Waals surface area contributed by atoms with Gasteiger partial charge >= 0.3 is 11.9 Å². The first-order chi connectivity index (χ1) is 29.0. The average molecular weight is 891 g/mol. The standard InChI is InChI=1S/C45H74N6O12/c1-28(2)48-36(55)30-23-31(37(56)49-29(3)4)25-32(24-30)50-34(52)14-17-46-40(60)44(9,10)16-19-62-21-22-63-20-18-47-39(59)43(7,8)15-13-33(38(57)58)51-41(61)45(11,12)27-42(5,6)26-35(53)54/h23-25,28-29,33H,13-22,26-27H2,1-12H3,(H,46,60)(H,47,59)(H,48,55)(H,49,56)(H,50,52)(H,51,61)(H,53,54)(H,57,58)/t33-/m0/s1. The van der Waals surface area contributed by atoms with Crippen molar-refractivity contribution in [3.8, 4) is 0 Å². The molecular weight excluding hydrogens is 817 g/mol. The molecule has 0 aliphatic rings. The lowest BCUT2D eigenvalue weighted by molar-refractivity contribution is -0.145. The molecule has 1 aromatic carbocycles. The Morgan fingerprint density at radius 2 is 1.10 bits per heavy atom. The summed E-state index contributed by atoms with van der Waals surface area (Å²) in [5, 5.41) is 35.4. The van der Waals surface area contributed by atoms with E-state index in [-0.39, 0.29) is 124 Å². The second-order valence-electron chi connectivity index (χ2n) is 19.3. The number of nitrogens with one attached hydrogen (secondary N) is 6. The normalized spacial score (nSPS) is 12.6. The van der Waals surface area contributed by atoms with Gasteiger partial charge in [-0.15, -0.1) is 0 Å². The zero-order valence-corrected chi connectivity index (χ0v) is 39.4. The van der Waals surface area contributed by atoms with Gasteiger partial charge in [0.25, 0.3) is 11.8 Å². The number of carboxylic acids is 2. The van der Waals surface area contributed by atoms with Crippen LogP contribution in [0.4, 0.5) is 5.69 Å². The fraction of sp³-hybridized carbons (Fsp3) is 0.689. The molecule has 0 radical (unpaired) electrons. The largest absolute Gasteiger partial charge is 0.481 e. The molecule has 0 heterocycles. The van der Waals surface area contributed by atoms with Gasteiger partial charge in [0.05, 0.1) is 26.2 Å². The molecule has 0 aromatic heterocycles. The summed E-state index contributed by atoms with van der Waals surface area (Å²) in [5.74, 6) is -4.50. The van der Waals surface area contributed by atoms with Crippen LogP contribution in [0, 0.1) is 21.7 Å². The predicted octanol–water partition coefficient (Wildman–Crippen LogP) is 4.27. The number of carbonyl (C=O) groups excluding carboxylic acids is 6. The van der Waals surface area contributed by atoms with Crippen LogP contribution in [0.2, 0.25) is 0 Å². The molecule has 356 valence electrons. The minimum atomic E-state index is -1.24. The molecule has 0 aliphatic carbocycles. The van der Waals surface area contributed by atoms with Crippen LogP contribution in [0.1, 0.15) is 142 Å². The Balaban J connectivity index is 2.46. The number of carboxylic acid groups (broad SMARTS) is 2. The molecule has 0 saturated carbocycles. The first kappa shape index (κ1) is 55.9. The number of hydrogen-bond donors (Lipinski definition) is 8. The van der Waals surface area contributed by atoms with Crippen LogP contribution in [-0.4, -0.2) is 115 Å². The number of amides is 6. The van der Waals surface area contributed by atoms with E-state index in [4.69, 9.17) is 9.47 Å². The zero-order valence-electron chi connectivity index (χ0n) is 39.4. The molecular formula is C45H74N6O12. The fourth-order valence-corrected chi connectivity index (χ4v) is 6.62. The summed E-state index contributed by atoms with van der Waals surface area (Å²) in [6.07, 6.45) is 0.581. The predicted molar refractivity (Wildman–Crippen MR) is 238 cm³/mol. The van der Waals surface area contributed by atoms with Crippen LogP contribution in [0.3, 0.4) is 0 Å². The van der Waals surface area contributed by atoms with E-state index in [1.54, 1.807) is 55.4 Å². The summed E-state index contributed by atoms with van der Waals surface area (Å²) in [7, 11) is 0. The molecule has 0 unspecified atom stereocenters. The lowest BCUT2D eigenvalue weighted by Crippen LogP contribution is -2.48. The van der Waals surface area contributed by atoms with Gasteiger partial charge < -0.3 is 51.6 Å². The van der Waals surface area contributed by atoms with Crippen molar-refractivity contribution in [1.29, 1.82) is 0 Å². The quantitative estimate of drug-likeness (QED) is 0.0525. The Hall–Kier alpha value is -5.10. The number of hydrogen-bond acceptors (Lipinski definition) is 10. The van der Waals surface area contributed by atoms with Crippen molar-refractivity contribution >= 4 is 53.1 Å². The van der Waals surface area contributed by atoms with Crippen molar-refractivity contribution in [3.05, 3.63) is 29.3 Å². The average Bonchev–Trinajstić information content (AvgIpc) is 3.13. The van der Waals surface area contributed by atoms with Crippen molar-refractivity contribution in [2.24, 2.45) is 21.7 Å². The van der Waals surface area contributed by atoms with Crippen molar-refractivity contribution in [1.82, 2.24) is 26.6 Å². The number of ether oxygens (including phenoxy) is 2. The molecule has 63 heavy (non-hydrogen) atoms. The van der Waals surface area contributed by atoms with Crippen LogP contribution in [0.15, 0.2) is 18.2 Å². The molecule has 18 nitrogen and oxygen atoms in total. The third-order valence-corrected chi connectivity index (χ3v) is 10.0. The van der Waals surface area contributed by atoms with E-state index in [9.17, 15) is 48.6 Å². The molecule has 6 amide bonds. The van der Waals surface area contributed by atoms with E-state index in [1.807, 2.05) is 27.7 Å². The summed E-state index contributed by atoms with van der Waals surface area (Å²) >= 11 is 0. The molecule has 0 fully saturated rings. The molecule has 18 heteroatoms. The second-order valence-corrected chi connectivity index (χ2v) is 19.3. The van der Waals surface area contributed by atoms with Gasteiger partial charge in [0.2, 0.25) is 23.6 Å². The minimum absolute atomic E-state index is 0.000239. The van der Waals surface area contributed by atoms with E-state index >= 15 is 0 Å². The van der Waals surface area contributed by atoms with Crippen LogP contribution < -0.4 is 31.9 Å². The highest BCUT2D eigenvalue weighted by Crippen LogP contribution is 2.36. The Kier molecular flexibility index (Phi) is 22.4. The Morgan fingerprint density at radius 1 is 0.603 bits per heavy atom. The number of benzene rings is 1. The van der Waals surface area contributed by atoms with Gasteiger partial charge in [0.1, 0.15) is 6.04 Å². The summed E-state index contributed by atoms with van der Waals surface area (Å²) < 4.78 is 11.2. The Morgan fingerprint density at radius 3 is 1.59 bits per heavy atom. The van der Waals surface area contributed by atoms with Gasteiger partial charge in [-0.2, -0.15) is 0 Å². The van der Waals surface area contributed by atoms with Crippen LogP contribution in [-0.2, 0) is 38.2 Å². The third-order valence-electron chi connectivity index (χ3n) is 10.0. The van der Waals surface area contributed by atoms with Gasteiger partial charge in [0.15, 0.2) is 0 Å². The molecule has 0 saturated heterocycles. The Labute approximate surface area is 372 Å². The second kappa shape index (κ2) is 25.3. The van der Waals surface area contributed by atoms with Gasteiger partial charge in [-0.3, -0.25) is 33.6 Å². The summed E-state index contributed by atoms with van der Waals surface area (Å²) in [6.45, 7) is 22.1. The van der Waals surface area contributed by atoms with Gasteiger partial charge in [-0.25, -0.2) is 4.79 Å². The summed E-state index contributed by atoms with van der Waals surface area (Å²) in [5.41, 5.74) is -2.78. The van der Waals surface area contributed by atoms with Crippen LogP contribution in [0.5, 0.6) is 0 Å². The van der Waals surface area contributed by atoms with Gasteiger partial charge in [-0.1, -0.05) is 55.4 Å². The lowest BCUT2D eigenvalue weighted by Gasteiger charge is -2.34. The number of aliphatic carboxylic acids is 2. The highest BCUT2D eigenvalue weighted by Gasteiger charge is 2.38. The highest BCUT2D eigenvalue weighted by molar-refractivity contribution is 6.03. The number of rotatable bonds is 29.